The van der Waals surface area contributed by atoms with E-state index in [2.05, 4.69) is 11.9 Å². The van der Waals surface area contributed by atoms with Crippen LogP contribution in [0.15, 0.2) is 36.5 Å². The molecule has 1 aromatic carbocycles. The van der Waals surface area contributed by atoms with E-state index in [0.717, 1.165) is 10.9 Å². The van der Waals surface area contributed by atoms with Gasteiger partial charge in [0.25, 0.3) is 0 Å². The van der Waals surface area contributed by atoms with Crippen molar-refractivity contribution in [1.29, 1.82) is 0 Å². The predicted octanol–water partition coefficient (Wildman–Crippen LogP) is 3.48. The standard InChI is InChI=1S/C17H19NO2/c1-10-11(2)20-12(3)15(10)17(19)14-8-4-6-13-7-5-9-18-16(13)14/h4-12,15H,1-3H3. The zero-order valence-electron chi connectivity index (χ0n) is 12.0. The monoisotopic (exact) mass is 269 g/mol. The van der Waals surface area contributed by atoms with E-state index in [9.17, 15) is 4.79 Å². The third-order valence-electron chi connectivity index (χ3n) is 4.44. The summed E-state index contributed by atoms with van der Waals surface area (Å²) in [5.41, 5.74) is 1.50. The van der Waals surface area contributed by atoms with Crippen molar-refractivity contribution in [3.63, 3.8) is 0 Å². The van der Waals surface area contributed by atoms with Gasteiger partial charge < -0.3 is 4.74 Å². The summed E-state index contributed by atoms with van der Waals surface area (Å²) in [6.07, 6.45) is 1.83. The number of carbonyl (C=O) groups is 1. The van der Waals surface area contributed by atoms with Crippen LogP contribution >= 0.6 is 0 Å². The SMILES string of the molecule is CC1OC(C)C(C(=O)c2cccc3cccnc23)C1C. The second-order valence-corrected chi connectivity index (χ2v) is 5.68. The molecule has 1 fully saturated rings. The first-order chi connectivity index (χ1) is 9.59. The van der Waals surface area contributed by atoms with Gasteiger partial charge in [0.15, 0.2) is 5.78 Å². The summed E-state index contributed by atoms with van der Waals surface area (Å²) in [5.74, 6) is 0.299. The minimum atomic E-state index is -0.0855. The average Bonchev–Trinajstić information content (AvgIpc) is 2.71. The van der Waals surface area contributed by atoms with Crippen LogP contribution in [0.5, 0.6) is 0 Å². The zero-order valence-corrected chi connectivity index (χ0v) is 12.0. The third-order valence-corrected chi connectivity index (χ3v) is 4.44. The Kier molecular flexibility index (Phi) is 3.30. The second kappa shape index (κ2) is 4.98. The Balaban J connectivity index is 2.05. The lowest BCUT2D eigenvalue weighted by Crippen LogP contribution is -2.27. The summed E-state index contributed by atoms with van der Waals surface area (Å²) in [6.45, 7) is 6.12. The first-order valence-electron chi connectivity index (χ1n) is 7.13. The topological polar surface area (TPSA) is 39.2 Å². The lowest BCUT2D eigenvalue weighted by Gasteiger charge is -2.17. The van der Waals surface area contributed by atoms with Gasteiger partial charge in [-0.1, -0.05) is 25.1 Å². The fraction of sp³-hybridized carbons (Fsp3) is 0.412. The number of hydrogen-bond acceptors (Lipinski definition) is 3. The molecule has 1 aliphatic rings. The molecule has 3 heteroatoms. The van der Waals surface area contributed by atoms with Crippen LogP contribution in [-0.4, -0.2) is 23.0 Å². The zero-order chi connectivity index (χ0) is 14.3. The van der Waals surface area contributed by atoms with Crippen LogP contribution in [0.3, 0.4) is 0 Å². The largest absolute Gasteiger partial charge is 0.374 e. The van der Waals surface area contributed by atoms with Gasteiger partial charge in [0.2, 0.25) is 0 Å². The third kappa shape index (κ3) is 2.02. The number of rotatable bonds is 2. The van der Waals surface area contributed by atoms with E-state index in [-0.39, 0.29) is 29.8 Å². The average molecular weight is 269 g/mol. The first-order valence-corrected chi connectivity index (χ1v) is 7.13. The van der Waals surface area contributed by atoms with Gasteiger partial charge in [0.1, 0.15) is 0 Å². The van der Waals surface area contributed by atoms with Gasteiger partial charge in [-0.05, 0) is 31.9 Å². The smallest absolute Gasteiger partial charge is 0.171 e. The first kappa shape index (κ1) is 13.3. The molecule has 4 unspecified atom stereocenters. The number of fused-ring (bicyclic) bond motifs is 1. The molecule has 3 rings (SSSR count). The molecule has 1 aromatic heterocycles. The molecule has 3 nitrogen and oxygen atoms in total. The van der Waals surface area contributed by atoms with Crippen LogP contribution < -0.4 is 0 Å². The number of Topliss-reactive ketones (excluding diaryl/α,β-unsaturated/α-hetero) is 1. The van der Waals surface area contributed by atoms with Crippen LogP contribution in [0.2, 0.25) is 0 Å². The lowest BCUT2D eigenvalue weighted by atomic mass is 9.83. The van der Waals surface area contributed by atoms with Crippen molar-refractivity contribution >= 4 is 16.7 Å². The van der Waals surface area contributed by atoms with Gasteiger partial charge in [-0.15, -0.1) is 0 Å². The summed E-state index contributed by atoms with van der Waals surface area (Å²) in [5, 5.41) is 1.01. The molecular formula is C17H19NO2. The number of hydrogen-bond donors (Lipinski definition) is 0. The van der Waals surface area contributed by atoms with Crippen LogP contribution in [0.25, 0.3) is 10.9 Å². The summed E-state index contributed by atoms with van der Waals surface area (Å²) in [6, 6.07) is 9.66. The van der Waals surface area contributed by atoms with E-state index >= 15 is 0 Å². The van der Waals surface area contributed by atoms with Crippen LogP contribution in [0.4, 0.5) is 0 Å². The van der Waals surface area contributed by atoms with Crippen molar-refractivity contribution in [1.82, 2.24) is 4.98 Å². The van der Waals surface area contributed by atoms with Gasteiger partial charge in [-0.2, -0.15) is 0 Å². The Morgan fingerprint density at radius 2 is 1.85 bits per heavy atom. The number of pyridine rings is 1. The second-order valence-electron chi connectivity index (χ2n) is 5.68. The van der Waals surface area contributed by atoms with E-state index < -0.39 is 0 Å². The predicted molar refractivity (Wildman–Crippen MR) is 78.7 cm³/mol. The Bertz CT molecular complexity index is 647. The van der Waals surface area contributed by atoms with Crippen molar-refractivity contribution in [2.75, 3.05) is 0 Å². The fourth-order valence-electron chi connectivity index (χ4n) is 3.20. The molecule has 2 aromatic rings. The Labute approximate surface area is 119 Å². The van der Waals surface area contributed by atoms with Gasteiger partial charge in [-0.3, -0.25) is 9.78 Å². The van der Waals surface area contributed by atoms with Crippen molar-refractivity contribution in [2.24, 2.45) is 11.8 Å². The number of benzene rings is 1. The van der Waals surface area contributed by atoms with Crippen molar-refractivity contribution in [3.8, 4) is 0 Å². The minimum absolute atomic E-state index is 0.0357. The van der Waals surface area contributed by atoms with E-state index in [1.54, 1.807) is 6.20 Å². The number of ether oxygens (including phenoxy) is 1. The maximum Gasteiger partial charge on any atom is 0.171 e. The number of para-hydroxylation sites is 1. The molecule has 2 heterocycles. The summed E-state index contributed by atoms with van der Waals surface area (Å²) in [7, 11) is 0. The summed E-state index contributed by atoms with van der Waals surface area (Å²) >= 11 is 0. The molecule has 4 atom stereocenters. The highest BCUT2D eigenvalue weighted by molar-refractivity contribution is 6.08. The van der Waals surface area contributed by atoms with Gasteiger partial charge in [0, 0.05) is 17.1 Å². The van der Waals surface area contributed by atoms with Gasteiger partial charge >= 0.3 is 0 Å². The highest BCUT2D eigenvalue weighted by Gasteiger charge is 2.42. The highest BCUT2D eigenvalue weighted by atomic mass is 16.5. The molecule has 0 spiro atoms. The van der Waals surface area contributed by atoms with Crippen molar-refractivity contribution in [2.45, 2.75) is 33.0 Å². The molecule has 0 aliphatic carbocycles. The number of ketones is 1. The molecular weight excluding hydrogens is 250 g/mol. The molecule has 0 bridgehead atoms. The normalized spacial score (nSPS) is 29.8. The molecule has 20 heavy (non-hydrogen) atoms. The minimum Gasteiger partial charge on any atom is -0.374 e. The molecule has 0 saturated carbocycles. The highest BCUT2D eigenvalue weighted by Crippen LogP contribution is 2.35. The maximum absolute atomic E-state index is 12.9. The number of aromatic nitrogens is 1. The molecule has 1 aliphatic heterocycles. The molecule has 0 radical (unpaired) electrons. The number of nitrogens with zero attached hydrogens (tertiary/aromatic N) is 1. The van der Waals surface area contributed by atoms with E-state index in [4.69, 9.17) is 4.74 Å². The quantitative estimate of drug-likeness (QED) is 0.784. The lowest BCUT2D eigenvalue weighted by molar-refractivity contribution is 0.0491. The van der Waals surface area contributed by atoms with Crippen molar-refractivity contribution in [3.05, 3.63) is 42.1 Å². The van der Waals surface area contributed by atoms with Crippen LogP contribution in [0.1, 0.15) is 31.1 Å². The van der Waals surface area contributed by atoms with Crippen LogP contribution in [0, 0.1) is 11.8 Å². The van der Waals surface area contributed by atoms with E-state index in [1.165, 1.54) is 0 Å². The summed E-state index contributed by atoms with van der Waals surface area (Å²) < 4.78 is 5.80. The Hall–Kier alpha value is -1.74. The van der Waals surface area contributed by atoms with E-state index in [0.29, 0.717) is 5.56 Å². The van der Waals surface area contributed by atoms with Gasteiger partial charge in [0.05, 0.1) is 23.6 Å². The van der Waals surface area contributed by atoms with Crippen molar-refractivity contribution < 1.29 is 9.53 Å². The van der Waals surface area contributed by atoms with E-state index in [1.807, 2.05) is 44.2 Å². The Morgan fingerprint density at radius 1 is 1.10 bits per heavy atom. The maximum atomic E-state index is 12.9. The Morgan fingerprint density at radius 3 is 2.55 bits per heavy atom. The molecule has 1 saturated heterocycles. The molecule has 0 amide bonds. The number of carbonyl (C=O) groups excluding carboxylic acids is 1. The molecule has 0 N–H and O–H groups in total. The van der Waals surface area contributed by atoms with Gasteiger partial charge in [-0.25, -0.2) is 0 Å². The fourth-order valence-corrected chi connectivity index (χ4v) is 3.20. The summed E-state index contributed by atoms with van der Waals surface area (Å²) in [4.78, 5) is 17.3. The van der Waals surface area contributed by atoms with Crippen LogP contribution in [-0.2, 0) is 4.74 Å². The molecule has 104 valence electrons.